The van der Waals surface area contributed by atoms with Crippen LogP contribution in [0.4, 0.5) is 11.6 Å². The molecule has 0 amide bonds. The molecule has 2 aromatic rings. The predicted molar refractivity (Wildman–Crippen MR) is 86.3 cm³/mol. The Bertz CT molecular complexity index is 615. The largest absolute Gasteiger partial charge is 0.388 e. The van der Waals surface area contributed by atoms with Crippen molar-refractivity contribution < 1.29 is 0 Å². The molecule has 0 spiro atoms. The second-order valence-corrected chi connectivity index (χ2v) is 6.02. The Morgan fingerprint density at radius 2 is 1.80 bits per heavy atom. The van der Waals surface area contributed by atoms with Crippen molar-refractivity contribution in [1.82, 2.24) is 9.97 Å². The molecule has 0 aliphatic rings. The highest BCUT2D eigenvalue weighted by molar-refractivity contribution is 7.80. The van der Waals surface area contributed by atoms with Gasteiger partial charge in [-0.1, -0.05) is 45.1 Å². The number of hydrogen-bond donors (Lipinski definition) is 2. The van der Waals surface area contributed by atoms with Crippen LogP contribution in [0.2, 0.25) is 0 Å². The van der Waals surface area contributed by atoms with Crippen molar-refractivity contribution >= 4 is 28.8 Å². The van der Waals surface area contributed by atoms with Crippen LogP contribution in [-0.2, 0) is 5.41 Å². The van der Waals surface area contributed by atoms with E-state index in [0.29, 0.717) is 11.6 Å². The fraction of sp³-hybridized carbons (Fsp3) is 0.267. The van der Waals surface area contributed by atoms with Crippen molar-refractivity contribution in [2.45, 2.75) is 26.2 Å². The molecule has 0 aliphatic carbocycles. The maximum Gasteiger partial charge on any atom is 0.227 e. The first-order valence-corrected chi connectivity index (χ1v) is 6.77. The summed E-state index contributed by atoms with van der Waals surface area (Å²) in [5.41, 5.74) is 8.46. The van der Waals surface area contributed by atoms with Crippen LogP contribution in [0.5, 0.6) is 0 Å². The zero-order valence-electron chi connectivity index (χ0n) is 11.8. The Morgan fingerprint density at radius 3 is 2.35 bits per heavy atom. The van der Waals surface area contributed by atoms with Gasteiger partial charge >= 0.3 is 0 Å². The van der Waals surface area contributed by atoms with Crippen LogP contribution in [-0.4, -0.2) is 15.0 Å². The summed E-state index contributed by atoms with van der Waals surface area (Å²) in [6.07, 6.45) is 1.63. The predicted octanol–water partition coefficient (Wildman–Crippen LogP) is 3.15. The summed E-state index contributed by atoms with van der Waals surface area (Å²) in [6, 6.07) is 9.91. The van der Waals surface area contributed by atoms with E-state index in [1.165, 1.54) is 5.56 Å². The first-order chi connectivity index (χ1) is 9.36. The van der Waals surface area contributed by atoms with Gasteiger partial charge in [-0.25, -0.2) is 9.97 Å². The van der Waals surface area contributed by atoms with Gasteiger partial charge in [0, 0.05) is 11.9 Å². The zero-order chi connectivity index (χ0) is 14.8. The van der Waals surface area contributed by atoms with Gasteiger partial charge in [0.2, 0.25) is 5.95 Å². The molecule has 0 unspecified atom stereocenters. The Kier molecular flexibility index (Phi) is 3.99. The van der Waals surface area contributed by atoms with Crippen LogP contribution in [0.25, 0.3) is 0 Å². The summed E-state index contributed by atoms with van der Waals surface area (Å²) < 4.78 is 0. The Balaban J connectivity index is 2.18. The van der Waals surface area contributed by atoms with Gasteiger partial charge in [0.15, 0.2) is 0 Å². The summed E-state index contributed by atoms with van der Waals surface area (Å²) in [5.74, 6) is 0.485. The number of rotatable bonds is 3. The van der Waals surface area contributed by atoms with Gasteiger partial charge in [0.1, 0.15) is 10.7 Å². The minimum atomic E-state index is 0.140. The van der Waals surface area contributed by atoms with Crippen molar-refractivity contribution in [2.75, 3.05) is 5.32 Å². The molecule has 1 aromatic heterocycles. The van der Waals surface area contributed by atoms with Crippen LogP contribution in [0.15, 0.2) is 36.5 Å². The van der Waals surface area contributed by atoms with Gasteiger partial charge in [-0.05, 0) is 29.2 Å². The van der Waals surface area contributed by atoms with E-state index in [0.717, 1.165) is 5.69 Å². The van der Waals surface area contributed by atoms with Gasteiger partial charge in [0.05, 0.1) is 0 Å². The molecule has 0 fully saturated rings. The van der Waals surface area contributed by atoms with E-state index in [4.69, 9.17) is 18.0 Å². The van der Waals surface area contributed by atoms with E-state index in [9.17, 15) is 0 Å². The van der Waals surface area contributed by atoms with Crippen molar-refractivity contribution in [3.63, 3.8) is 0 Å². The second kappa shape index (κ2) is 5.54. The van der Waals surface area contributed by atoms with E-state index in [1.807, 2.05) is 12.1 Å². The van der Waals surface area contributed by atoms with E-state index in [2.05, 4.69) is 48.2 Å². The topological polar surface area (TPSA) is 63.8 Å². The third-order valence-electron chi connectivity index (χ3n) is 2.92. The normalized spacial score (nSPS) is 11.2. The molecule has 3 N–H and O–H groups in total. The summed E-state index contributed by atoms with van der Waals surface area (Å²) in [4.78, 5) is 8.66. The molecule has 0 radical (unpaired) electrons. The Morgan fingerprint density at radius 1 is 1.15 bits per heavy atom. The van der Waals surface area contributed by atoms with Gasteiger partial charge in [0.25, 0.3) is 0 Å². The molecule has 0 saturated carbocycles. The average molecular weight is 286 g/mol. The average Bonchev–Trinajstić information content (AvgIpc) is 2.38. The molecule has 0 saturated heterocycles. The van der Waals surface area contributed by atoms with Gasteiger partial charge in [-0.2, -0.15) is 0 Å². The zero-order valence-corrected chi connectivity index (χ0v) is 12.7. The number of nitrogens with zero attached hydrogens (tertiary/aromatic N) is 2. The first-order valence-electron chi connectivity index (χ1n) is 6.37. The van der Waals surface area contributed by atoms with Crippen LogP contribution >= 0.6 is 12.2 Å². The molecule has 0 atom stereocenters. The highest BCUT2D eigenvalue weighted by Crippen LogP contribution is 2.24. The minimum absolute atomic E-state index is 0.140. The fourth-order valence-corrected chi connectivity index (χ4v) is 1.85. The molecule has 20 heavy (non-hydrogen) atoms. The van der Waals surface area contributed by atoms with E-state index < -0.39 is 0 Å². The molecule has 2 rings (SSSR count). The highest BCUT2D eigenvalue weighted by atomic mass is 32.1. The van der Waals surface area contributed by atoms with Crippen molar-refractivity contribution in [3.8, 4) is 0 Å². The monoisotopic (exact) mass is 286 g/mol. The maximum atomic E-state index is 5.56. The second-order valence-electron chi connectivity index (χ2n) is 5.58. The number of anilines is 2. The van der Waals surface area contributed by atoms with E-state index in [1.54, 1.807) is 12.3 Å². The summed E-state index contributed by atoms with van der Waals surface area (Å²) >= 11 is 4.90. The molecule has 1 heterocycles. The number of aromatic nitrogens is 2. The molecule has 0 bridgehead atoms. The van der Waals surface area contributed by atoms with Crippen LogP contribution in [0.1, 0.15) is 32.0 Å². The lowest BCUT2D eigenvalue weighted by molar-refractivity contribution is 0.590. The number of benzene rings is 1. The molecule has 5 heteroatoms. The van der Waals surface area contributed by atoms with Crippen molar-refractivity contribution in [2.24, 2.45) is 5.73 Å². The smallest absolute Gasteiger partial charge is 0.227 e. The molecule has 4 nitrogen and oxygen atoms in total. The molecular weight excluding hydrogens is 268 g/mol. The summed E-state index contributed by atoms with van der Waals surface area (Å²) in [7, 11) is 0. The van der Waals surface area contributed by atoms with Crippen molar-refractivity contribution in [1.29, 1.82) is 0 Å². The number of hydrogen-bond acceptors (Lipinski definition) is 4. The third-order valence-corrected chi connectivity index (χ3v) is 3.12. The van der Waals surface area contributed by atoms with Gasteiger partial charge < -0.3 is 11.1 Å². The van der Waals surface area contributed by atoms with Gasteiger partial charge in [-0.15, -0.1) is 0 Å². The Labute approximate surface area is 124 Å². The number of nitrogens with two attached hydrogens (primary N) is 1. The molecule has 1 aromatic carbocycles. The van der Waals surface area contributed by atoms with Crippen LogP contribution < -0.4 is 11.1 Å². The SMILES string of the molecule is CC(C)(C)c1ccc(Nc2nccc(C(N)=S)n2)cc1. The standard InChI is InChI=1S/C15H18N4S/c1-15(2,3)10-4-6-11(7-5-10)18-14-17-9-8-12(19-14)13(16)20/h4-9H,1-3H3,(H2,16,20)(H,17,18,19). The minimum Gasteiger partial charge on any atom is -0.388 e. The van der Waals surface area contributed by atoms with Crippen LogP contribution in [0, 0.1) is 0 Å². The van der Waals surface area contributed by atoms with Crippen LogP contribution in [0.3, 0.4) is 0 Å². The molecule has 0 aliphatic heterocycles. The highest BCUT2D eigenvalue weighted by Gasteiger charge is 2.12. The quantitative estimate of drug-likeness (QED) is 0.849. The third kappa shape index (κ3) is 3.51. The first kappa shape index (κ1) is 14.4. The van der Waals surface area contributed by atoms with E-state index >= 15 is 0 Å². The lowest BCUT2D eigenvalue weighted by atomic mass is 9.87. The molecular formula is C15H18N4S. The Hall–Kier alpha value is -2.01. The number of thiocarbonyl (C=S) groups is 1. The van der Waals surface area contributed by atoms with E-state index in [-0.39, 0.29) is 10.4 Å². The number of nitrogens with one attached hydrogen (secondary N) is 1. The van der Waals surface area contributed by atoms with Crippen molar-refractivity contribution in [3.05, 3.63) is 47.8 Å². The molecule has 104 valence electrons. The summed E-state index contributed by atoms with van der Waals surface area (Å²) in [5, 5.41) is 3.14. The van der Waals surface area contributed by atoms with Gasteiger partial charge in [-0.3, -0.25) is 0 Å². The lowest BCUT2D eigenvalue weighted by Gasteiger charge is -2.19. The summed E-state index contributed by atoms with van der Waals surface area (Å²) in [6.45, 7) is 6.55. The maximum absolute atomic E-state index is 5.56. The fourth-order valence-electron chi connectivity index (χ4n) is 1.74. The lowest BCUT2D eigenvalue weighted by Crippen LogP contribution is -2.13.